The van der Waals surface area contributed by atoms with Gasteiger partial charge in [-0.1, -0.05) is 12.1 Å². The van der Waals surface area contributed by atoms with Crippen LogP contribution in [0.5, 0.6) is 0 Å². The van der Waals surface area contributed by atoms with Crippen molar-refractivity contribution < 1.29 is 21.3 Å². The topological polar surface area (TPSA) is 109 Å². The molecule has 0 saturated heterocycles. The first-order chi connectivity index (χ1) is 12.2. The maximum atomic E-state index is 12.1. The van der Waals surface area contributed by atoms with E-state index in [4.69, 9.17) is 4.42 Å². The highest BCUT2D eigenvalue weighted by Gasteiger charge is 2.36. The van der Waals surface area contributed by atoms with Crippen LogP contribution in [0.1, 0.15) is 30.7 Å². The second kappa shape index (κ2) is 6.76. The Labute approximate surface area is 152 Å². The number of hydrogen-bond donors (Lipinski definition) is 1. The molecule has 0 aliphatic carbocycles. The Hall–Kier alpha value is -2.33. The van der Waals surface area contributed by atoms with Gasteiger partial charge in [0.05, 0.1) is 24.0 Å². The first kappa shape index (κ1) is 18.5. The Morgan fingerprint density at radius 2 is 1.88 bits per heavy atom. The molecule has 1 aliphatic heterocycles. The highest BCUT2D eigenvalue weighted by Crippen LogP contribution is 2.34. The van der Waals surface area contributed by atoms with Crippen LogP contribution in [0.2, 0.25) is 0 Å². The van der Waals surface area contributed by atoms with Crippen molar-refractivity contribution in [1.29, 1.82) is 0 Å². The van der Waals surface area contributed by atoms with Crippen LogP contribution < -0.4 is 4.72 Å². The van der Waals surface area contributed by atoms with Gasteiger partial charge < -0.3 is 4.42 Å². The molecule has 1 aliphatic rings. The summed E-state index contributed by atoms with van der Waals surface area (Å²) in [6.07, 6.45) is 2.95. The summed E-state index contributed by atoms with van der Waals surface area (Å²) in [5.74, 6) is 0.497. The number of sulfonamides is 2. The van der Waals surface area contributed by atoms with Crippen LogP contribution in [0.4, 0.5) is 5.69 Å². The van der Waals surface area contributed by atoms with Gasteiger partial charge in [-0.05, 0) is 36.8 Å². The molecule has 0 amide bonds. The summed E-state index contributed by atoms with van der Waals surface area (Å²) in [6.45, 7) is 1.55. The van der Waals surface area contributed by atoms with E-state index >= 15 is 0 Å². The fourth-order valence-electron chi connectivity index (χ4n) is 2.64. The molecule has 1 aromatic heterocycles. The van der Waals surface area contributed by atoms with E-state index in [0.29, 0.717) is 29.1 Å². The Morgan fingerprint density at radius 1 is 1.19 bits per heavy atom. The fraction of sp³-hybridized carbons (Fsp3) is 0.312. The van der Waals surface area contributed by atoms with E-state index < -0.39 is 26.1 Å². The van der Waals surface area contributed by atoms with Crippen molar-refractivity contribution in [3.8, 4) is 0 Å². The molecule has 1 atom stereocenters. The van der Waals surface area contributed by atoms with Crippen molar-refractivity contribution in [2.45, 2.75) is 19.4 Å². The normalized spacial score (nSPS) is 18.0. The molecule has 26 heavy (non-hydrogen) atoms. The molecule has 0 fully saturated rings. The van der Waals surface area contributed by atoms with Gasteiger partial charge in [-0.15, -0.1) is 0 Å². The molecule has 10 heteroatoms. The number of furan rings is 1. The van der Waals surface area contributed by atoms with E-state index in [0.717, 1.165) is 10.7 Å². The molecule has 0 unspecified atom stereocenters. The maximum Gasteiger partial charge on any atom is 0.247 e. The predicted octanol–water partition coefficient (Wildman–Crippen LogP) is 2.15. The lowest BCUT2D eigenvalue weighted by atomic mass is 10.0. The largest absolute Gasteiger partial charge is 0.467 e. The summed E-state index contributed by atoms with van der Waals surface area (Å²) in [5.41, 5.74) is 1.74. The summed E-state index contributed by atoms with van der Waals surface area (Å²) in [7, 11) is -6.91. The molecule has 0 saturated carbocycles. The lowest BCUT2D eigenvalue weighted by molar-refractivity contribution is 0.322. The minimum atomic E-state index is -3.56. The Bertz CT molecular complexity index is 1010. The van der Waals surface area contributed by atoms with E-state index in [9.17, 15) is 16.8 Å². The number of nitrogens with one attached hydrogen (secondary N) is 1. The fourth-order valence-corrected chi connectivity index (χ4v) is 4.17. The highest BCUT2D eigenvalue weighted by atomic mass is 32.2. The first-order valence-corrected chi connectivity index (χ1v) is 11.4. The number of hydrazone groups is 1. The lowest BCUT2D eigenvalue weighted by Gasteiger charge is -2.18. The van der Waals surface area contributed by atoms with Crippen LogP contribution in [-0.4, -0.2) is 39.0 Å². The van der Waals surface area contributed by atoms with E-state index in [1.54, 1.807) is 43.3 Å². The van der Waals surface area contributed by atoms with Gasteiger partial charge in [0.2, 0.25) is 20.0 Å². The van der Waals surface area contributed by atoms with Crippen molar-refractivity contribution in [2.75, 3.05) is 16.7 Å². The number of rotatable bonds is 6. The summed E-state index contributed by atoms with van der Waals surface area (Å²) >= 11 is 0. The average Bonchev–Trinajstić information content (AvgIpc) is 3.24. The number of anilines is 1. The number of benzene rings is 1. The standard InChI is InChI=1S/C16H19N3O5S2/c1-3-26(22,23)18-13-8-6-12(7-9-13)14-11-15(16-5-4-10-24-16)19(17-14)25(2,20)21/h4-10,15,18H,3,11H2,1-2H3/t15-/m0/s1. The molecule has 140 valence electrons. The second-order valence-corrected chi connectivity index (χ2v) is 9.75. The van der Waals surface area contributed by atoms with Crippen LogP contribution in [0.25, 0.3) is 0 Å². The van der Waals surface area contributed by atoms with Crippen molar-refractivity contribution in [2.24, 2.45) is 5.10 Å². The highest BCUT2D eigenvalue weighted by molar-refractivity contribution is 7.92. The zero-order chi connectivity index (χ0) is 18.9. The third-order valence-corrected chi connectivity index (χ3v) is 6.28. The molecule has 3 rings (SSSR count). The zero-order valence-electron chi connectivity index (χ0n) is 14.3. The average molecular weight is 397 g/mol. The smallest absolute Gasteiger partial charge is 0.247 e. The zero-order valence-corrected chi connectivity index (χ0v) is 15.9. The molecule has 1 aromatic carbocycles. The monoisotopic (exact) mass is 397 g/mol. The van der Waals surface area contributed by atoms with Gasteiger partial charge in [0.15, 0.2) is 0 Å². The molecular weight excluding hydrogens is 378 g/mol. The molecule has 0 bridgehead atoms. The van der Waals surface area contributed by atoms with E-state index in [1.807, 2.05) is 0 Å². The van der Waals surface area contributed by atoms with Crippen molar-refractivity contribution in [3.05, 3.63) is 54.0 Å². The van der Waals surface area contributed by atoms with Crippen LogP contribution >= 0.6 is 0 Å². The third kappa shape index (κ3) is 3.91. The first-order valence-electron chi connectivity index (χ1n) is 7.91. The molecular formula is C16H19N3O5S2. The Balaban J connectivity index is 1.87. The molecule has 0 radical (unpaired) electrons. The summed E-state index contributed by atoms with van der Waals surface area (Å²) in [6, 6.07) is 9.53. The Kier molecular flexibility index (Phi) is 4.80. The molecule has 2 aromatic rings. The minimum absolute atomic E-state index is 0.0182. The summed E-state index contributed by atoms with van der Waals surface area (Å²) in [5, 5.41) is 4.25. The van der Waals surface area contributed by atoms with Crippen molar-refractivity contribution in [1.82, 2.24) is 4.41 Å². The SMILES string of the molecule is CCS(=O)(=O)Nc1ccc(C2=NN(S(C)(=O)=O)[C@H](c3ccco3)C2)cc1. The van der Waals surface area contributed by atoms with Gasteiger partial charge in [-0.3, -0.25) is 4.72 Å². The lowest BCUT2D eigenvalue weighted by Crippen LogP contribution is -2.25. The van der Waals surface area contributed by atoms with Gasteiger partial charge in [0.25, 0.3) is 0 Å². The summed E-state index contributed by atoms with van der Waals surface area (Å²) in [4.78, 5) is 0. The Morgan fingerprint density at radius 3 is 2.42 bits per heavy atom. The van der Waals surface area contributed by atoms with Crippen molar-refractivity contribution >= 4 is 31.4 Å². The molecule has 1 N–H and O–H groups in total. The second-order valence-electron chi connectivity index (χ2n) is 5.90. The number of hydrogen-bond acceptors (Lipinski definition) is 6. The molecule has 0 spiro atoms. The van der Waals surface area contributed by atoms with Gasteiger partial charge >= 0.3 is 0 Å². The maximum absolute atomic E-state index is 12.1. The molecule has 8 nitrogen and oxygen atoms in total. The van der Waals surface area contributed by atoms with Crippen LogP contribution in [-0.2, 0) is 20.0 Å². The minimum Gasteiger partial charge on any atom is -0.467 e. The number of nitrogens with zero attached hydrogens (tertiary/aromatic N) is 2. The van der Waals surface area contributed by atoms with Gasteiger partial charge in [-0.2, -0.15) is 9.52 Å². The van der Waals surface area contributed by atoms with E-state index in [1.165, 1.54) is 6.26 Å². The predicted molar refractivity (Wildman–Crippen MR) is 98.8 cm³/mol. The van der Waals surface area contributed by atoms with Gasteiger partial charge in [0, 0.05) is 12.1 Å². The van der Waals surface area contributed by atoms with Crippen LogP contribution in [0.3, 0.4) is 0 Å². The van der Waals surface area contributed by atoms with E-state index in [-0.39, 0.29) is 5.75 Å². The van der Waals surface area contributed by atoms with Crippen LogP contribution in [0, 0.1) is 0 Å². The van der Waals surface area contributed by atoms with Gasteiger partial charge in [-0.25, -0.2) is 16.8 Å². The summed E-state index contributed by atoms with van der Waals surface area (Å²) < 4.78 is 56.2. The van der Waals surface area contributed by atoms with E-state index in [2.05, 4.69) is 9.82 Å². The van der Waals surface area contributed by atoms with Crippen molar-refractivity contribution in [3.63, 3.8) is 0 Å². The third-order valence-electron chi connectivity index (χ3n) is 3.96. The van der Waals surface area contributed by atoms with Crippen LogP contribution in [0.15, 0.2) is 52.2 Å². The van der Waals surface area contributed by atoms with Gasteiger partial charge in [0.1, 0.15) is 11.8 Å². The quantitative estimate of drug-likeness (QED) is 0.803. The molecule has 2 heterocycles.